The fraction of sp³-hybridized carbons (Fsp3) is 0.667. The van der Waals surface area contributed by atoms with Gasteiger partial charge < -0.3 is 20.7 Å². The topological polar surface area (TPSA) is 148 Å². The highest BCUT2D eigenvalue weighted by atomic mass is 19.4. The molecule has 0 aromatic carbocycles. The molecule has 0 radical (unpaired) electrons. The number of aliphatic hydroxyl groups excluding tert-OH is 2. The third kappa shape index (κ3) is 3.40. The van der Waals surface area contributed by atoms with Crippen molar-refractivity contribution in [3.63, 3.8) is 0 Å². The molecule has 1 aliphatic heterocycles. The molecule has 4 atom stereocenters. The Morgan fingerprint density at radius 3 is 2.71 bits per heavy atom. The molecule has 2 aromatic heterocycles. The fourth-order valence-electron chi connectivity index (χ4n) is 3.28. The number of unbranched alkanes of at least 4 members (excludes halogenated alkanes) is 1. The maximum atomic E-state index is 12.9. The molecular formula is C15H20F3N5O5. The summed E-state index contributed by atoms with van der Waals surface area (Å²) in [6, 6.07) is 0. The largest absolute Gasteiger partial charge is 0.416 e. The third-order valence-corrected chi connectivity index (χ3v) is 4.62. The highest BCUT2D eigenvalue weighted by Gasteiger charge is 2.50. The molecule has 3 rings (SSSR count). The van der Waals surface area contributed by atoms with Gasteiger partial charge >= 0.3 is 11.9 Å². The van der Waals surface area contributed by atoms with Crippen LogP contribution >= 0.6 is 0 Å². The van der Waals surface area contributed by atoms with Crippen LogP contribution < -0.4 is 17.0 Å². The minimum atomic E-state index is -4.96. The standard InChI is InChI=1S/C15H20F3N5O5/c1-2-3-4-22-8-10(20-13(19)21-11(8)26)23(14(22)27)12-6(24)5-7(28-12)9(25)15(16,17)18/h6-7,9,12,24-25H,2-5H2,1H3,(H3,19,20,21,26)/t6-,7+,9?,12-/m1/s1. The molecule has 1 fully saturated rings. The van der Waals surface area contributed by atoms with Gasteiger partial charge in [0.15, 0.2) is 23.5 Å². The first-order chi connectivity index (χ1) is 13.1. The zero-order chi connectivity index (χ0) is 20.8. The molecular weight excluding hydrogens is 387 g/mol. The Bertz CT molecular complexity index is 981. The van der Waals surface area contributed by atoms with Crippen LogP contribution in [0.15, 0.2) is 9.59 Å². The summed E-state index contributed by atoms with van der Waals surface area (Å²) in [5.41, 5.74) is 3.72. The second kappa shape index (κ2) is 7.22. The normalized spacial score (nSPS) is 24.1. The molecule has 1 unspecified atom stereocenters. The van der Waals surface area contributed by atoms with E-state index < -0.39 is 48.4 Å². The molecule has 156 valence electrons. The van der Waals surface area contributed by atoms with E-state index in [9.17, 15) is 33.0 Å². The van der Waals surface area contributed by atoms with E-state index in [1.54, 1.807) is 0 Å². The van der Waals surface area contributed by atoms with Crippen molar-refractivity contribution in [1.82, 2.24) is 19.1 Å². The molecule has 0 amide bonds. The number of anilines is 1. The van der Waals surface area contributed by atoms with Crippen molar-refractivity contribution in [2.45, 2.75) is 63.4 Å². The Hall–Kier alpha value is -2.38. The Balaban J connectivity index is 2.12. The Labute approximate surface area is 155 Å². The number of rotatable bonds is 5. The van der Waals surface area contributed by atoms with Gasteiger partial charge in [0.25, 0.3) is 5.56 Å². The summed E-state index contributed by atoms with van der Waals surface area (Å²) in [7, 11) is 0. The van der Waals surface area contributed by atoms with E-state index in [1.165, 1.54) is 0 Å². The van der Waals surface area contributed by atoms with E-state index in [2.05, 4.69) is 9.97 Å². The number of nitrogens with one attached hydrogen (secondary N) is 1. The van der Waals surface area contributed by atoms with E-state index in [0.29, 0.717) is 12.8 Å². The van der Waals surface area contributed by atoms with Crippen LogP contribution in [0.5, 0.6) is 0 Å². The number of aromatic nitrogens is 4. The lowest BCUT2D eigenvalue weighted by Crippen LogP contribution is -2.39. The Morgan fingerprint density at radius 1 is 1.43 bits per heavy atom. The number of aromatic amines is 1. The van der Waals surface area contributed by atoms with Crippen molar-refractivity contribution < 1.29 is 28.1 Å². The predicted octanol–water partition coefficient (Wildman–Crippen LogP) is -0.160. The van der Waals surface area contributed by atoms with Gasteiger partial charge in [0.05, 0.1) is 6.10 Å². The predicted molar refractivity (Wildman–Crippen MR) is 90.5 cm³/mol. The van der Waals surface area contributed by atoms with E-state index >= 15 is 0 Å². The average molecular weight is 407 g/mol. The number of hydrogen-bond acceptors (Lipinski definition) is 7. The maximum Gasteiger partial charge on any atom is 0.416 e. The van der Waals surface area contributed by atoms with Crippen LogP contribution in [0.4, 0.5) is 19.1 Å². The summed E-state index contributed by atoms with van der Waals surface area (Å²) in [5.74, 6) is -0.307. The molecule has 2 aromatic rings. The van der Waals surface area contributed by atoms with Crippen LogP contribution in [0.1, 0.15) is 32.4 Å². The zero-order valence-electron chi connectivity index (χ0n) is 14.8. The van der Waals surface area contributed by atoms with Crippen LogP contribution in [0, 0.1) is 0 Å². The van der Waals surface area contributed by atoms with Gasteiger partial charge in [-0.25, -0.2) is 9.36 Å². The first kappa shape index (κ1) is 20.4. The van der Waals surface area contributed by atoms with Crippen molar-refractivity contribution in [2.24, 2.45) is 0 Å². The van der Waals surface area contributed by atoms with E-state index in [4.69, 9.17) is 10.5 Å². The number of H-pyrrole nitrogens is 1. The second-order valence-corrected chi connectivity index (χ2v) is 6.64. The van der Waals surface area contributed by atoms with Crippen LogP contribution in [0.3, 0.4) is 0 Å². The van der Waals surface area contributed by atoms with Gasteiger partial charge in [-0.05, 0) is 6.42 Å². The highest BCUT2D eigenvalue weighted by molar-refractivity contribution is 5.71. The van der Waals surface area contributed by atoms with E-state index in [-0.39, 0.29) is 23.7 Å². The summed E-state index contributed by atoms with van der Waals surface area (Å²) >= 11 is 0. The molecule has 0 bridgehead atoms. The number of alkyl halides is 3. The minimum Gasteiger partial charge on any atom is -0.388 e. The van der Waals surface area contributed by atoms with Crippen LogP contribution in [0.25, 0.3) is 11.2 Å². The molecule has 0 saturated carbocycles. The number of aliphatic hydroxyl groups is 2. The fourth-order valence-corrected chi connectivity index (χ4v) is 3.28. The second-order valence-electron chi connectivity index (χ2n) is 6.64. The molecule has 10 nitrogen and oxygen atoms in total. The van der Waals surface area contributed by atoms with Crippen molar-refractivity contribution >= 4 is 17.1 Å². The van der Waals surface area contributed by atoms with Gasteiger partial charge in [-0.1, -0.05) is 13.3 Å². The van der Waals surface area contributed by atoms with Crippen molar-refractivity contribution in [3.8, 4) is 0 Å². The lowest BCUT2D eigenvalue weighted by molar-refractivity contribution is -0.237. The van der Waals surface area contributed by atoms with E-state index in [1.807, 2.05) is 6.92 Å². The number of aryl methyl sites for hydroxylation is 1. The SMILES string of the molecule is CCCCn1c(=O)n([C@@H]2O[C@H](C(O)C(F)(F)F)C[C@H]2O)c2nc(N)[nH]c(=O)c21. The summed E-state index contributed by atoms with van der Waals surface area (Å²) in [5, 5.41) is 19.6. The first-order valence-electron chi connectivity index (χ1n) is 8.65. The number of imidazole rings is 1. The number of hydrogen-bond donors (Lipinski definition) is 4. The molecule has 13 heteroatoms. The summed E-state index contributed by atoms with van der Waals surface area (Å²) in [6.45, 7) is 2.03. The highest BCUT2D eigenvalue weighted by Crippen LogP contribution is 2.36. The van der Waals surface area contributed by atoms with Gasteiger partial charge in [0.2, 0.25) is 5.95 Å². The van der Waals surface area contributed by atoms with Crippen molar-refractivity contribution in [1.29, 1.82) is 0 Å². The van der Waals surface area contributed by atoms with Gasteiger partial charge in [-0.3, -0.25) is 14.3 Å². The number of nitrogens with zero attached hydrogens (tertiary/aromatic N) is 3. The smallest absolute Gasteiger partial charge is 0.388 e. The van der Waals surface area contributed by atoms with Crippen molar-refractivity contribution in [2.75, 3.05) is 5.73 Å². The summed E-state index contributed by atoms with van der Waals surface area (Å²) in [6.07, 6.45) is -12.0. The quantitative estimate of drug-likeness (QED) is 0.538. The van der Waals surface area contributed by atoms with Crippen LogP contribution in [0.2, 0.25) is 0 Å². The number of nitrogen functional groups attached to an aromatic ring is 1. The number of halogens is 3. The lowest BCUT2D eigenvalue weighted by atomic mass is 10.1. The number of nitrogens with two attached hydrogens (primary N) is 1. The molecule has 1 aliphatic rings. The Morgan fingerprint density at radius 2 is 2.11 bits per heavy atom. The summed E-state index contributed by atoms with van der Waals surface area (Å²) < 4.78 is 45.4. The monoisotopic (exact) mass is 407 g/mol. The number of fused-ring (bicyclic) bond motifs is 1. The van der Waals surface area contributed by atoms with Gasteiger partial charge in [0, 0.05) is 13.0 Å². The Kier molecular flexibility index (Phi) is 5.25. The van der Waals surface area contributed by atoms with Gasteiger partial charge in [-0.2, -0.15) is 18.2 Å². The lowest BCUT2D eigenvalue weighted by Gasteiger charge is -2.21. The number of ether oxygens (including phenoxy) is 1. The molecule has 0 aliphatic carbocycles. The molecule has 28 heavy (non-hydrogen) atoms. The molecule has 3 heterocycles. The maximum absolute atomic E-state index is 12.9. The van der Waals surface area contributed by atoms with Crippen LogP contribution in [-0.4, -0.2) is 53.8 Å². The average Bonchev–Trinajstić information content (AvgIpc) is 3.08. The summed E-state index contributed by atoms with van der Waals surface area (Å²) in [4.78, 5) is 31.4. The minimum absolute atomic E-state index is 0.122. The third-order valence-electron chi connectivity index (χ3n) is 4.62. The molecule has 0 spiro atoms. The zero-order valence-corrected chi connectivity index (χ0v) is 14.8. The molecule has 5 N–H and O–H groups in total. The van der Waals surface area contributed by atoms with E-state index in [0.717, 1.165) is 9.13 Å². The first-order valence-corrected chi connectivity index (χ1v) is 8.65. The van der Waals surface area contributed by atoms with Gasteiger partial charge in [-0.15, -0.1) is 0 Å². The van der Waals surface area contributed by atoms with Gasteiger partial charge in [0.1, 0.15) is 6.10 Å². The van der Waals surface area contributed by atoms with Crippen LogP contribution in [-0.2, 0) is 11.3 Å². The van der Waals surface area contributed by atoms with Crippen molar-refractivity contribution in [3.05, 3.63) is 20.8 Å². The molecule has 1 saturated heterocycles.